The molecule has 1 aromatic rings. The molecule has 0 fully saturated rings. The van der Waals surface area contributed by atoms with Crippen LogP contribution in [0.5, 0.6) is 0 Å². The van der Waals surface area contributed by atoms with E-state index in [1.165, 1.54) is 0 Å². The second-order valence-corrected chi connectivity index (χ2v) is 3.08. The number of aromatic nitrogens is 1. The van der Waals surface area contributed by atoms with Crippen LogP contribution >= 0.6 is 23.2 Å². The molecule has 0 saturated carbocycles. The molecule has 1 heterocycles. The van der Waals surface area contributed by atoms with Gasteiger partial charge < -0.3 is 0 Å². The van der Waals surface area contributed by atoms with Crippen LogP contribution in [0.1, 0.15) is 16.1 Å². The molecule has 0 aliphatic rings. The summed E-state index contributed by atoms with van der Waals surface area (Å²) in [5, 5.41) is 0. The fourth-order valence-corrected chi connectivity index (χ4v) is 1.19. The Hall–Kier alpha value is -0.270. The molecule has 1 rings (SSSR count). The van der Waals surface area contributed by atoms with E-state index in [-0.39, 0.29) is 0 Å². The van der Waals surface area contributed by atoms with E-state index in [2.05, 4.69) is 4.98 Å². The van der Waals surface area contributed by atoms with Crippen LogP contribution in [-0.4, -0.2) is 4.98 Å². The van der Waals surface area contributed by atoms with Crippen molar-refractivity contribution in [2.45, 2.75) is 11.8 Å². The molecule has 0 spiro atoms. The van der Waals surface area contributed by atoms with E-state index in [9.17, 15) is 0 Å². The van der Waals surface area contributed by atoms with Crippen LogP contribution in [0, 0.1) is 6.92 Å². The Labute approximate surface area is 70.0 Å². The average molecular weight is 176 g/mol. The van der Waals surface area contributed by atoms with E-state index in [1.54, 1.807) is 6.20 Å². The van der Waals surface area contributed by atoms with Crippen molar-refractivity contribution in [2.75, 3.05) is 0 Å². The van der Waals surface area contributed by atoms with Crippen molar-refractivity contribution in [1.82, 2.24) is 4.98 Å². The van der Waals surface area contributed by atoms with Crippen LogP contribution in [0.15, 0.2) is 18.3 Å². The number of nitrogens with zero attached hydrogens (tertiary/aromatic N) is 1. The first-order chi connectivity index (χ1) is 4.72. The fourth-order valence-electron chi connectivity index (χ4n) is 0.727. The number of hydrogen-bond acceptors (Lipinski definition) is 1. The van der Waals surface area contributed by atoms with Gasteiger partial charge in [-0.2, -0.15) is 0 Å². The lowest BCUT2D eigenvalue weighted by Gasteiger charge is -2.02. The Balaban J connectivity index is 3.03. The first-order valence-electron chi connectivity index (χ1n) is 2.91. The molecule has 0 amide bonds. The van der Waals surface area contributed by atoms with Crippen LogP contribution in [-0.2, 0) is 0 Å². The van der Waals surface area contributed by atoms with Gasteiger partial charge in [0.05, 0.1) is 0 Å². The standard InChI is InChI=1S/C7H7Cl2N/c1-5-6(7(8)9)3-2-4-10-5/h2-4,7H,1H3. The summed E-state index contributed by atoms with van der Waals surface area (Å²) in [6.07, 6.45) is 1.72. The Bertz CT molecular complexity index is 223. The molecule has 0 unspecified atom stereocenters. The van der Waals surface area contributed by atoms with Gasteiger partial charge in [0, 0.05) is 17.5 Å². The Morgan fingerprint density at radius 3 is 2.60 bits per heavy atom. The summed E-state index contributed by atoms with van der Waals surface area (Å²) in [4.78, 5) is 3.57. The van der Waals surface area contributed by atoms with E-state index in [0.29, 0.717) is 0 Å². The number of hydrogen-bond donors (Lipinski definition) is 0. The zero-order valence-electron chi connectivity index (χ0n) is 5.51. The van der Waals surface area contributed by atoms with Crippen molar-refractivity contribution in [3.05, 3.63) is 29.6 Å². The van der Waals surface area contributed by atoms with Crippen LogP contribution in [0.2, 0.25) is 0 Å². The van der Waals surface area contributed by atoms with E-state index in [1.807, 2.05) is 19.1 Å². The second-order valence-electron chi connectivity index (χ2n) is 1.98. The lowest BCUT2D eigenvalue weighted by atomic mass is 10.2. The largest absolute Gasteiger partial charge is 0.261 e. The van der Waals surface area contributed by atoms with Crippen molar-refractivity contribution >= 4 is 23.2 Å². The van der Waals surface area contributed by atoms with E-state index >= 15 is 0 Å². The highest BCUT2D eigenvalue weighted by Crippen LogP contribution is 2.25. The van der Waals surface area contributed by atoms with Crippen molar-refractivity contribution in [1.29, 1.82) is 0 Å². The molecule has 0 saturated heterocycles. The lowest BCUT2D eigenvalue weighted by Crippen LogP contribution is -1.89. The summed E-state index contributed by atoms with van der Waals surface area (Å²) in [5.74, 6) is 0. The highest BCUT2D eigenvalue weighted by atomic mass is 35.5. The summed E-state index contributed by atoms with van der Waals surface area (Å²) in [6.45, 7) is 1.88. The lowest BCUT2D eigenvalue weighted by molar-refractivity contribution is 1.12. The molecule has 3 heteroatoms. The van der Waals surface area contributed by atoms with Gasteiger partial charge in [-0.25, -0.2) is 0 Å². The Kier molecular flexibility index (Phi) is 2.52. The van der Waals surface area contributed by atoms with Crippen molar-refractivity contribution in [3.8, 4) is 0 Å². The molecule has 0 N–H and O–H groups in total. The number of rotatable bonds is 1. The fraction of sp³-hybridized carbons (Fsp3) is 0.286. The summed E-state index contributed by atoms with van der Waals surface area (Å²) < 4.78 is 0. The maximum atomic E-state index is 5.63. The topological polar surface area (TPSA) is 12.9 Å². The molecule has 0 aliphatic carbocycles. The SMILES string of the molecule is Cc1ncccc1C(Cl)Cl. The van der Waals surface area contributed by atoms with Gasteiger partial charge in [-0.3, -0.25) is 4.98 Å². The van der Waals surface area contributed by atoms with Gasteiger partial charge >= 0.3 is 0 Å². The molecule has 54 valence electrons. The smallest absolute Gasteiger partial charge is 0.134 e. The van der Waals surface area contributed by atoms with Crippen LogP contribution < -0.4 is 0 Å². The second kappa shape index (κ2) is 3.22. The summed E-state index contributed by atoms with van der Waals surface area (Å²) in [6, 6.07) is 3.69. The van der Waals surface area contributed by atoms with Crippen molar-refractivity contribution in [3.63, 3.8) is 0 Å². The average Bonchev–Trinajstić information content (AvgIpc) is 1.88. The van der Waals surface area contributed by atoms with Gasteiger partial charge in [-0.05, 0) is 13.0 Å². The molecule has 1 aromatic heterocycles. The summed E-state index contributed by atoms with van der Waals surface area (Å²) in [5.41, 5.74) is 1.77. The summed E-state index contributed by atoms with van der Waals surface area (Å²) in [7, 11) is 0. The Morgan fingerprint density at radius 2 is 2.20 bits per heavy atom. The van der Waals surface area contributed by atoms with Crippen LogP contribution in [0.25, 0.3) is 0 Å². The first kappa shape index (κ1) is 7.83. The molecular formula is C7H7Cl2N. The zero-order valence-corrected chi connectivity index (χ0v) is 7.02. The minimum atomic E-state index is -0.464. The van der Waals surface area contributed by atoms with Crippen LogP contribution in [0.4, 0.5) is 0 Å². The quantitative estimate of drug-likeness (QED) is 0.599. The van der Waals surface area contributed by atoms with E-state index < -0.39 is 4.84 Å². The zero-order chi connectivity index (χ0) is 7.56. The number of halogens is 2. The third kappa shape index (κ3) is 1.61. The molecule has 0 aliphatic heterocycles. The number of pyridine rings is 1. The van der Waals surface area contributed by atoms with Gasteiger partial charge in [0.2, 0.25) is 0 Å². The van der Waals surface area contributed by atoms with E-state index in [0.717, 1.165) is 11.3 Å². The third-order valence-corrected chi connectivity index (χ3v) is 1.75. The Morgan fingerprint density at radius 1 is 1.50 bits per heavy atom. The molecule has 0 bridgehead atoms. The van der Waals surface area contributed by atoms with Gasteiger partial charge in [0.1, 0.15) is 4.84 Å². The van der Waals surface area contributed by atoms with Gasteiger partial charge in [0.15, 0.2) is 0 Å². The van der Waals surface area contributed by atoms with Gasteiger partial charge in [-0.15, -0.1) is 0 Å². The predicted molar refractivity (Wildman–Crippen MR) is 43.4 cm³/mol. The molecule has 0 radical (unpaired) electrons. The highest BCUT2D eigenvalue weighted by molar-refractivity contribution is 6.44. The minimum Gasteiger partial charge on any atom is -0.261 e. The minimum absolute atomic E-state index is 0.464. The predicted octanol–water partition coefficient (Wildman–Crippen LogP) is 2.87. The maximum Gasteiger partial charge on any atom is 0.134 e. The normalized spacial score (nSPS) is 10.4. The van der Waals surface area contributed by atoms with Crippen molar-refractivity contribution in [2.24, 2.45) is 0 Å². The van der Waals surface area contributed by atoms with Gasteiger partial charge in [-0.1, -0.05) is 29.3 Å². The maximum absolute atomic E-state index is 5.63. The van der Waals surface area contributed by atoms with Gasteiger partial charge in [0.25, 0.3) is 0 Å². The third-order valence-electron chi connectivity index (χ3n) is 1.28. The number of alkyl halides is 2. The molecular weight excluding hydrogens is 169 g/mol. The highest BCUT2D eigenvalue weighted by Gasteiger charge is 2.05. The molecule has 0 aromatic carbocycles. The van der Waals surface area contributed by atoms with Crippen LogP contribution in [0.3, 0.4) is 0 Å². The monoisotopic (exact) mass is 175 g/mol. The molecule has 10 heavy (non-hydrogen) atoms. The first-order valence-corrected chi connectivity index (χ1v) is 3.79. The number of aryl methyl sites for hydroxylation is 1. The summed E-state index contributed by atoms with van der Waals surface area (Å²) >= 11 is 11.3. The van der Waals surface area contributed by atoms with E-state index in [4.69, 9.17) is 23.2 Å². The molecule has 0 atom stereocenters. The van der Waals surface area contributed by atoms with Crippen molar-refractivity contribution < 1.29 is 0 Å². The molecule has 1 nitrogen and oxygen atoms in total.